The van der Waals surface area contributed by atoms with Crippen molar-refractivity contribution in [1.29, 1.82) is 0 Å². The standard InChI is InChI=1S/C24H28N2O2/c1-24(2)16-28-23(25-24)17-11-12-22-21(14-17)20(10-7-13-26(3)4)19-9-6-5-8-18(19)15-27-22/h5-6,8-12,14H,7,13,15-16H2,1-4H3. The fraction of sp³-hybridized carbons (Fsp3) is 0.375. The van der Waals surface area contributed by atoms with Gasteiger partial charge < -0.3 is 14.4 Å². The van der Waals surface area contributed by atoms with Gasteiger partial charge >= 0.3 is 0 Å². The smallest absolute Gasteiger partial charge is 0.216 e. The summed E-state index contributed by atoms with van der Waals surface area (Å²) in [5.41, 5.74) is 5.63. The lowest BCUT2D eigenvalue weighted by Crippen LogP contribution is -2.17. The van der Waals surface area contributed by atoms with Crippen LogP contribution in [0.2, 0.25) is 0 Å². The van der Waals surface area contributed by atoms with Crippen molar-refractivity contribution in [1.82, 2.24) is 4.90 Å². The van der Waals surface area contributed by atoms with Crippen LogP contribution in [0.5, 0.6) is 5.75 Å². The Morgan fingerprint density at radius 2 is 1.89 bits per heavy atom. The molecule has 0 bridgehead atoms. The van der Waals surface area contributed by atoms with Gasteiger partial charge in [-0.05, 0) is 69.3 Å². The highest BCUT2D eigenvalue weighted by Crippen LogP contribution is 2.38. The predicted molar refractivity (Wildman–Crippen MR) is 114 cm³/mol. The summed E-state index contributed by atoms with van der Waals surface area (Å²) in [7, 11) is 4.21. The molecule has 28 heavy (non-hydrogen) atoms. The molecule has 0 unspecified atom stereocenters. The number of nitrogens with zero attached hydrogens (tertiary/aromatic N) is 2. The summed E-state index contributed by atoms with van der Waals surface area (Å²) in [6, 6.07) is 14.8. The molecule has 2 heterocycles. The summed E-state index contributed by atoms with van der Waals surface area (Å²) >= 11 is 0. The summed E-state index contributed by atoms with van der Waals surface area (Å²) in [6.45, 7) is 6.39. The van der Waals surface area contributed by atoms with Crippen molar-refractivity contribution in [2.45, 2.75) is 32.4 Å². The summed E-state index contributed by atoms with van der Waals surface area (Å²) in [5.74, 6) is 1.63. The van der Waals surface area contributed by atoms with E-state index in [2.05, 4.69) is 69.3 Å². The number of fused-ring (bicyclic) bond motifs is 2. The fourth-order valence-corrected chi connectivity index (χ4v) is 3.63. The quantitative estimate of drug-likeness (QED) is 0.787. The second-order valence-corrected chi connectivity index (χ2v) is 8.38. The van der Waals surface area contributed by atoms with E-state index < -0.39 is 0 Å². The van der Waals surface area contributed by atoms with E-state index in [0.29, 0.717) is 13.2 Å². The van der Waals surface area contributed by atoms with Crippen molar-refractivity contribution in [3.63, 3.8) is 0 Å². The topological polar surface area (TPSA) is 34.1 Å². The maximum Gasteiger partial charge on any atom is 0.216 e. The van der Waals surface area contributed by atoms with E-state index in [-0.39, 0.29) is 5.54 Å². The minimum atomic E-state index is -0.171. The lowest BCUT2D eigenvalue weighted by molar-refractivity contribution is 0.279. The van der Waals surface area contributed by atoms with E-state index in [1.165, 1.54) is 16.7 Å². The normalized spacial score (nSPS) is 18.8. The molecular weight excluding hydrogens is 348 g/mol. The van der Waals surface area contributed by atoms with Gasteiger partial charge in [0, 0.05) is 17.7 Å². The first kappa shape index (κ1) is 18.8. The van der Waals surface area contributed by atoms with Crippen LogP contribution >= 0.6 is 0 Å². The Bertz CT molecular complexity index is 941. The average molecular weight is 377 g/mol. The number of hydrogen-bond donors (Lipinski definition) is 0. The van der Waals surface area contributed by atoms with Crippen molar-refractivity contribution >= 4 is 11.5 Å². The molecule has 4 rings (SSSR count). The Morgan fingerprint density at radius 1 is 1.07 bits per heavy atom. The lowest BCUT2D eigenvalue weighted by Gasteiger charge is -2.13. The molecule has 0 spiro atoms. The van der Waals surface area contributed by atoms with Gasteiger partial charge in [0.1, 0.15) is 19.0 Å². The number of benzene rings is 2. The zero-order valence-electron chi connectivity index (χ0n) is 17.2. The Kier molecular flexibility index (Phi) is 4.98. The van der Waals surface area contributed by atoms with Crippen LogP contribution in [-0.2, 0) is 11.3 Å². The molecule has 0 saturated carbocycles. The minimum Gasteiger partial charge on any atom is -0.488 e. The van der Waals surface area contributed by atoms with Gasteiger partial charge in [-0.25, -0.2) is 4.99 Å². The molecule has 0 N–H and O–H groups in total. The highest BCUT2D eigenvalue weighted by molar-refractivity contribution is 5.97. The predicted octanol–water partition coefficient (Wildman–Crippen LogP) is 4.52. The number of ether oxygens (including phenoxy) is 2. The Labute approximate surface area is 167 Å². The SMILES string of the molecule is CN(C)CCC=C1c2ccccc2COc2ccc(C3=NC(C)(C)CO3)cc21. The third-order valence-corrected chi connectivity index (χ3v) is 5.10. The Morgan fingerprint density at radius 3 is 2.64 bits per heavy atom. The van der Waals surface area contributed by atoms with Gasteiger partial charge in [0.15, 0.2) is 0 Å². The zero-order valence-corrected chi connectivity index (χ0v) is 17.2. The number of rotatable bonds is 4. The number of hydrogen-bond acceptors (Lipinski definition) is 4. The van der Waals surface area contributed by atoms with Crippen molar-refractivity contribution in [3.8, 4) is 5.75 Å². The monoisotopic (exact) mass is 376 g/mol. The Hall–Kier alpha value is -2.59. The molecule has 146 valence electrons. The maximum atomic E-state index is 6.16. The van der Waals surface area contributed by atoms with Crippen molar-refractivity contribution in [2.24, 2.45) is 4.99 Å². The van der Waals surface area contributed by atoms with Crippen LogP contribution in [0.15, 0.2) is 53.5 Å². The molecule has 0 saturated heterocycles. The summed E-state index contributed by atoms with van der Waals surface area (Å²) in [4.78, 5) is 6.95. The first-order valence-corrected chi connectivity index (χ1v) is 9.86. The fourth-order valence-electron chi connectivity index (χ4n) is 3.63. The van der Waals surface area contributed by atoms with Gasteiger partial charge in [0.2, 0.25) is 5.90 Å². The average Bonchev–Trinajstić information content (AvgIpc) is 2.95. The minimum absolute atomic E-state index is 0.171. The van der Waals surface area contributed by atoms with Gasteiger partial charge in [0.25, 0.3) is 0 Å². The molecule has 4 nitrogen and oxygen atoms in total. The van der Waals surface area contributed by atoms with Crippen LogP contribution in [0.3, 0.4) is 0 Å². The zero-order chi connectivity index (χ0) is 19.7. The molecule has 2 aromatic carbocycles. The third kappa shape index (κ3) is 3.83. The molecule has 0 fully saturated rings. The lowest BCUT2D eigenvalue weighted by atomic mass is 9.92. The third-order valence-electron chi connectivity index (χ3n) is 5.10. The van der Waals surface area contributed by atoms with Crippen molar-refractivity contribution < 1.29 is 9.47 Å². The molecular formula is C24H28N2O2. The van der Waals surface area contributed by atoms with Gasteiger partial charge in [0.05, 0.1) is 5.54 Å². The van der Waals surface area contributed by atoms with E-state index in [9.17, 15) is 0 Å². The Balaban J connectivity index is 1.80. The van der Waals surface area contributed by atoms with Crippen molar-refractivity contribution in [3.05, 3.63) is 70.8 Å². The van der Waals surface area contributed by atoms with Crippen LogP contribution in [0.25, 0.3) is 5.57 Å². The molecule has 0 aromatic heterocycles. The molecule has 4 heteroatoms. The first-order valence-electron chi connectivity index (χ1n) is 9.86. The van der Waals surface area contributed by atoms with Crippen LogP contribution in [0, 0.1) is 0 Å². The number of aliphatic imine (C=N–C) groups is 1. The highest BCUT2D eigenvalue weighted by atomic mass is 16.5. The maximum absolute atomic E-state index is 6.16. The van der Waals surface area contributed by atoms with Crippen LogP contribution in [0.1, 0.15) is 42.5 Å². The van der Waals surface area contributed by atoms with Gasteiger partial charge in [-0.2, -0.15) is 0 Å². The summed E-state index contributed by atoms with van der Waals surface area (Å²) in [5, 5.41) is 0. The van der Waals surface area contributed by atoms with Crippen LogP contribution in [0.4, 0.5) is 0 Å². The highest BCUT2D eigenvalue weighted by Gasteiger charge is 2.28. The molecule has 0 aliphatic carbocycles. The first-order chi connectivity index (χ1) is 13.4. The van der Waals surface area contributed by atoms with Crippen LogP contribution in [-0.4, -0.2) is 43.6 Å². The largest absolute Gasteiger partial charge is 0.488 e. The second kappa shape index (κ2) is 7.44. The molecule has 2 aliphatic rings. The summed E-state index contributed by atoms with van der Waals surface area (Å²) in [6.07, 6.45) is 3.31. The molecule has 0 radical (unpaired) electrons. The van der Waals surface area contributed by atoms with Gasteiger partial charge in [-0.1, -0.05) is 30.3 Å². The molecule has 0 amide bonds. The van der Waals surface area contributed by atoms with E-state index in [1.54, 1.807) is 0 Å². The molecule has 2 aromatic rings. The van der Waals surface area contributed by atoms with Gasteiger partial charge in [-0.15, -0.1) is 0 Å². The molecule has 0 atom stereocenters. The van der Waals surface area contributed by atoms with Crippen molar-refractivity contribution in [2.75, 3.05) is 27.2 Å². The van der Waals surface area contributed by atoms with Gasteiger partial charge in [-0.3, -0.25) is 0 Å². The van der Waals surface area contributed by atoms with E-state index >= 15 is 0 Å². The van der Waals surface area contributed by atoms with E-state index in [0.717, 1.165) is 35.7 Å². The summed E-state index contributed by atoms with van der Waals surface area (Å²) < 4.78 is 12.0. The van der Waals surface area contributed by atoms with E-state index in [1.807, 2.05) is 12.1 Å². The van der Waals surface area contributed by atoms with E-state index in [4.69, 9.17) is 14.5 Å². The molecule has 2 aliphatic heterocycles. The second-order valence-electron chi connectivity index (χ2n) is 8.38. The van der Waals surface area contributed by atoms with Crippen LogP contribution < -0.4 is 4.74 Å².